The van der Waals surface area contributed by atoms with Crippen molar-refractivity contribution in [1.82, 2.24) is 20.3 Å². The summed E-state index contributed by atoms with van der Waals surface area (Å²) in [5, 5.41) is 18.3. The van der Waals surface area contributed by atoms with Crippen LogP contribution in [0.3, 0.4) is 0 Å². The first-order valence-electron chi connectivity index (χ1n) is 7.74. The number of nitrogens with one attached hydrogen (secondary N) is 3. The molecular weight excluding hydrogens is 366 g/mol. The lowest BCUT2D eigenvalue weighted by molar-refractivity contribution is -0.152. The molecular formula is C14H19N5O4S2. The fraction of sp³-hybridized carbons (Fsp3) is 0.500. The predicted octanol–water partition coefficient (Wildman–Crippen LogP) is 0.615. The lowest BCUT2D eigenvalue weighted by Crippen LogP contribution is -2.57. The van der Waals surface area contributed by atoms with Crippen molar-refractivity contribution in [1.29, 1.82) is 0 Å². The molecule has 3 heterocycles. The Morgan fingerprint density at radius 3 is 3.04 bits per heavy atom. The molecule has 1 unspecified atom stereocenters. The Balaban J connectivity index is 1.57. The minimum Gasteiger partial charge on any atom is -0.477 e. The zero-order valence-corrected chi connectivity index (χ0v) is 15.1. The van der Waals surface area contributed by atoms with Crippen LogP contribution in [0.4, 0.5) is 5.95 Å². The largest absolute Gasteiger partial charge is 0.477 e. The number of nitrogens with zero attached hydrogens (tertiary/aromatic N) is 2. The molecule has 3 atom stereocenters. The van der Waals surface area contributed by atoms with E-state index < -0.39 is 5.97 Å². The van der Waals surface area contributed by atoms with Gasteiger partial charge < -0.3 is 15.2 Å². The Morgan fingerprint density at radius 2 is 2.40 bits per heavy atom. The fourth-order valence-electron chi connectivity index (χ4n) is 2.63. The third kappa shape index (κ3) is 3.64. The maximum absolute atomic E-state index is 12.1. The molecule has 11 heteroatoms. The third-order valence-corrected chi connectivity index (χ3v) is 6.81. The van der Waals surface area contributed by atoms with E-state index in [9.17, 15) is 14.7 Å². The van der Waals surface area contributed by atoms with Crippen LogP contribution in [-0.2, 0) is 9.59 Å². The second kappa shape index (κ2) is 7.68. The first-order valence-corrected chi connectivity index (χ1v) is 9.61. The molecule has 0 radical (unpaired) electrons. The summed E-state index contributed by atoms with van der Waals surface area (Å²) in [5.74, 6) is -0.405. The maximum Gasteiger partial charge on any atom is 0.354 e. The van der Waals surface area contributed by atoms with E-state index in [0.717, 1.165) is 0 Å². The summed E-state index contributed by atoms with van der Waals surface area (Å²) < 4.78 is 0.637. The zero-order valence-electron chi connectivity index (χ0n) is 13.4. The van der Waals surface area contributed by atoms with Crippen LogP contribution in [-0.4, -0.2) is 60.7 Å². The summed E-state index contributed by atoms with van der Waals surface area (Å²) in [6, 6.07) is 0.0374. The van der Waals surface area contributed by atoms with Gasteiger partial charge in [-0.1, -0.05) is 11.8 Å². The number of fused-ring (bicyclic) bond motifs is 1. The van der Waals surface area contributed by atoms with Gasteiger partial charge in [0, 0.05) is 30.8 Å². The fourth-order valence-corrected chi connectivity index (χ4v) is 5.45. The Kier molecular flexibility index (Phi) is 5.57. The number of hydrogen-bond donors (Lipinski definition) is 5. The van der Waals surface area contributed by atoms with Gasteiger partial charge in [-0.05, 0) is 13.3 Å². The topological polar surface area (TPSA) is 131 Å². The SMILES string of the molecule is CC(CSC1=C(C(=O)O)N2C(=O)[C@H](CCO)[C@H]2S1)NNc1ncc[nH]1. The highest BCUT2D eigenvalue weighted by atomic mass is 32.2. The molecule has 0 aliphatic carbocycles. The number of imidazole rings is 1. The second-order valence-corrected chi connectivity index (χ2v) is 8.11. The highest BCUT2D eigenvalue weighted by Crippen LogP contribution is 2.53. The highest BCUT2D eigenvalue weighted by Gasteiger charge is 2.55. The van der Waals surface area contributed by atoms with Gasteiger partial charge in [-0.3, -0.25) is 15.1 Å². The number of β-lactam (4-membered cyclic amide) rings is 1. The number of aromatic amines is 1. The molecule has 9 nitrogen and oxygen atoms in total. The first kappa shape index (κ1) is 18.1. The van der Waals surface area contributed by atoms with Crippen molar-refractivity contribution in [2.45, 2.75) is 24.8 Å². The summed E-state index contributed by atoms with van der Waals surface area (Å²) in [5.41, 5.74) is 6.07. The molecule has 5 N–H and O–H groups in total. The van der Waals surface area contributed by atoms with Crippen LogP contribution in [0.5, 0.6) is 0 Å². The molecule has 1 aromatic heterocycles. The average Bonchev–Trinajstić information content (AvgIpc) is 3.21. The lowest BCUT2D eigenvalue weighted by atomic mass is 9.94. The van der Waals surface area contributed by atoms with Gasteiger partial charge in [-0.2, -0.15) is 0 Å². The standard InChI is InChI=1S/C14H19N5O4S2/c1-7(17-18-14-15-3-4-16-14)6-24-13-9(12(22)23)19-10(21)8(2-5-20)11(19)25-13/h3-4,7-8,11,17,20H,2,5-6H2,1H3,(H,22,23)(H2,15,16,18)/t7?,8-,11+/m0/s1. The quantitative estimate of drug-likeness (QED) is 0.306. The van der Waals surface area contributed by atoms with Crippen molar-refractivity contribution >= 4 is 41.3 Å². The maximum atomic E-state index is 12.1. The molecule has 1 amide bonds. The highest BCUT2D eigenvalue weighted by molar-refractivity contribution is 8.22. The van der Waals surface area contributed by atoms with Gasteiger partial charge in [0.15, 0.2) is 5.70 Å². The van der Waals surface area contributed by atoms with E-state index in [1.54, 1.807) is 12.4 Å². The van der Waals surface area contributed by atoms with Crippen molar-refractivity contribution in [3.05, 3.63) is 22.3 Å². The van der Waals surface area contributed by atoms with Crippen LogP contribution >= 0.6 is 23.5 Å². The molecule has 3 rings (SSSR count). The molecule has 2 aliphatic heterocycles. The van der Waals surface area contributed by atoms with Crippen LogP contribution in [0.15, 0.2) is 22.3 Å². The Bertz CT molecular complexity index is 681. The number of aliphatic carboxylic acids is 1. The van der Waals surface area contributed by atoms with Crippen LogP contribution in [0.2, 0.25) is 0 Å². The normalized spacial score (nSPS) is 23.4. The van der Waals surface area contributed by atoms with Gasteiger partial charge in [-0.25, -0.2) is 15.2 Å². The molecule has 1 fully saturated rings. The summed E-state index contributed by atoms with van der Waals surface area (Å²) >= 11 is 2.80. The summed E-state index contributed by atoms with van der Waals surface area (Å²) in [6.45, 7) is 1.88. The number of carbonyl (C=O) groups excluding carboxylic acids is 1. The van der Waals surface area contributed by atoms with Gasteiger partial charge in [0.25, 0.3) is 0 Å². The van der Waals surface area contributed by atoms with E-state index in [1.165, 1.54) is 28.4 Å². The molecule has 0 aromatic carbocycles. The van der Waals surface area contributed by atoms with E-state index in [1.807, 2.05) is 6.92 Å². The van der Waals surface area contributed by atoms with E-state index in [4.69, 9.17) is 5.11 Å². The molecule has 1 saturated heterocycles. The van der Waals surface area contributed by atoms with Crippen LogP contribution in [0.1, 0.15) is 13.3 Å². The van der Waals surface area contributed by atoms with Gasteiger partial charge in [-0.15, -0.1) is 11.8 Å². The zero-order chi connectivity index (χ0) is 18.0. The molecule has 0 saturated carbocycles. The van der Waals surface area contributed by atoms with E-state index in [2.05, 4.69) is 20.8 Å². The summed E-state index contributed by atoms with van der Waals surface area (Å²) in [6.07, 6.45) is 3.70. The van der Waals surface area contributed by atoms with Crippen LogP contribution in [0.25, 0.3) is 0 Å². The molecule has 136 valence electrons. The Morgan fingerprint density at radius 1 is 1.60 bits per heavy atom. The number of aliphatic hydroxyl groups is 1. The predicted molar refractivity (Wildman–Crippen MR) is 95.3 cm³/mol. The first-order chi connectivity index (χ1) is 12.0. The van der Waals surface area contributed by atoms with Crippen molar-refractivity contribution in [3.63, 3.8) is 0 Å². The van der Waals surface area contributed by atoms with Gasteiger partial charge >= 0.3 is 5.97 Å². The molecule has 0 bridgehead atoms. The molecule has 0 spiro atoms. The van der Waals surface area contributed by atoms with Crippen LogP contribution in [0, 0.1) is 5.92 Å². The van der Waals surface area contributed by atoms with Gasteiger partial charge in [0.05, 0.1) is 15.5 Å². The minimum absolute atomic E-state index is 0.0374. The lowest BCUT2D eigenvalue weighted by Gasteiger charge is -2.41. The third-order valence-electron chi connectivity index (χ3n) is 3.86. The van der Waals surface area contributed by atoms with E-state index >= 15 is 0 Å². The summed E-state index contributed by atoms with van der Waals surface area (Å²) in [7, 11) is 0. The number of carboxylic acids is 1. The van der Waals surface area contributed by atoms with E-state index in [0.29, 0.717) is 22.4 Å². The van der Waals surface area contributed by atoms with E-state index in [-0.39, 0.29) is 35.5 Å². The average molecular weight is 385 g/mol. The number of rotatable bonds is 9. The van der Waals surface area contributed by atoms with Crippen molar-refractivity contribution in [3.8, 4) is 0 Å². The second-order valence-electron chi connectivity index (χ2n) is 5.70. The number of thioether (sulfide) groups is 2. The van der Waals surface area contributed by atoms with Crippen molar-refractivity contribution < 1.29 is 19.8 Å². The molecule has 1 aromatic rings. The number of anilines is 1. The number of aliphatic hydroxyl groups excluding tert-OH is 1. The van der Waals surface area contributed by atoms with Crippen molar-refractivity contribution in [2.24, 2.45) is 5.92 Å². The Labute approximate surface area is 152 Å². The number of carbonyl (C=O) groups is 2. The smallest absolute Gasteiger partial charge is 0.354 e. The number of aromatic nitrogens is 2. The molecule has 2 aliphatic rings. The number of hydrogen-bond acceptors (Lipinski definition) is 8. The minimum atomic E-state index is -1.09. The number of hydrazine groups is 1. The Hall–Kier alpha value is -1.69. The summed E-state index contributed by atoms with van der Waals surface area (Å²) in [4.78, 5) is 32.0. The van der Waals surface area contributed by atoms with Crippen LogP contribution < -0.4 is 10.9 Å². The van der Waals surface area contributed by atoms with Gasteiger partial charge in [0.1, 0.15) is 0 Å². The van der Waals surface area contributed by atoms with Crippen molar-refractivity contribution in [2.75, 3.05) is 17.8 Å². The number of carboxylic acid groups (broad SMARTS) is 1. The number of H-pyrrole nitrogens is 1. The van der Waals surface area contributed by atoms with Gasteiger partial charge in [0.2, 0.25) is 11.9 Å². The monoisotopic (exact) mass is 385 g/mol. The molecule has 25 heavy (non-hydrogen) atoms. The number of amides is 1.